The van der Waals surface area contributed by atoms with Crippen LogP contribution in [0.1, 0.15) is 10.4 Å². The molecule has 0 saturated carbocycles. The number of carbonyl (C=O) groups excluding carboxylic acids is 1. The van der Waals surface area contributed by atoms with E-state index >= 15 is 0 Å². The maximum Gasteiger partial charge on any atom is 0.182 e. The minimum atomic E-state index is -0.160. The summed E-state index contributed by atoms with van der Waals surface area (Å²) in [6.45, 7) is 0.323. The number of rotatable bonds is 4. The Hall–Kier alpha value is -1.87. The van der Waals surface area contributed by atoms with Crippen molar-refractivity contribution in [2.45, 2.75) is 6.23 Å². The predicted molar refractivity (Wildman–Crippen MR) is 66.6 cm³/mol. The van der Waals surface area contributed by atoms with E-state index in [1.165, 1.54) is 0 Å². The lowest BCUT2D eigenvalue weighted by molar-refractivity contribution is 0.0299. The van der Waals surface area contributed by atoms with Crippen molar-refractivity contribution in [2.24, 2.45) is 0 Å². The Morgan fingerprint density at radius 3 is 2.76 bits per heavy atom. The molecule has 17 heavy (non-hydrogen) atoms. The van der Waals surface area contributed by atoms with Crippen LogP contribution < -0.4 is 0 Å². The van der Waals surface area contributed by atoms with Crippen molar-refractivity contribution in [2.75, 3.05) is 13.7 Å². The van der Waals surface area contributed by atoms with Gasteiger partial charge in [-0.25, -0.2) is 0 Å². The van der Waals surface area contributed by atoms with Crippen molar-refractivity contribution >= 4 is 5.78 Å². The van der Waals surface area contributed by atoms with E-state index in [1.54, 1.807) is 7.11 Å². The zero-order chi connectivity index (χ0) is 12.1. The van der Waals surface area contributed by atoms with Gasteiger partial charge < -0.3 is 9.64 Å². The number of nitrogens with zero attached hydrogens (tertiary/aromatic N) is 1. The van der Waals surface area contributed by atoms with Crippen LogP contribution in [-0.2, 0) is 4.74 Å². The van der Waals surface area contributed by atoms with Gasteiger partial charge in [-0.05, 0) is 12.2 Å². The molecule has 0 fully saturated rings. The van der Waals surface area contributed by atoms with Crippen LogP contribution in [0, 0.1) is 0 Å². The van der Waals surface area contributed by atoms with Gasteiger partial charge in [0.05, 0.1) is 6.54 Å². The topological polar surface area (TPSA) is 29.5 Å². The molecule has 1 unspecified atom stereocenters. The fraction of sp³-hybridized carbons (Fsp3) is 0.214. The maximum atomic E-state index is 12.0. The number of ketones is 1. The smallest absolute Gasteiger partial charge is 0.182 e. The van der Waals surface area contributed by atoms with Gasteiger partial charge >= 0.3 is 0 Å². The minimum absolute atomic E-state index is 0.0904. The van der Waals surface area contributed by atoms with E-state index in [4.69, 9.17) is 4.74 Å². The fourth-order valence-corrected chi connectivity index (χ4v) is 1.75. The van der Waals surface area contributed by atoms with Gasteiger partial charge in [-0.3, -0.25) is 4.79 Å². The second kappa shape index (κ2) is 5.46. The third-order valence-corrected chi connectivity index (χ3v) is 2.65. The number of methoxy groups -OCH3 is 1. The van der Waals surface area contributed by atoms with Gasteiger partial charge in [-0.15, -0.1) is 0 Å². The quantitative estimate of drug-likeness (QED) is 0.741. The lowest BCUT2D eigenvalue weighted by Crippen LogP contribution is -2.36. The van der Waals surface area contributed by atoms with Crippen LogP contribution in [0.2, 0.25) is 0 Å². The van der Waals surface area contributed by atoms with Crippen molar-refractivity contribution in [3.05, 3.63) is 60.3 Å². The Morgan fingerprint density at radius 2 is 2.06 bits per heavy atom. The zero-order valence-electron chi connectivity index (χ0n) is 9.74. The second-order valence-electron chi connectivity index (χ2n) is 3.81. The lowest BCUT2D eigenvalue weighted by atomic mass is 10.1. The van der Waals surface area contributed by atoms with Crippen molar-refractivity contribution < 1.29 is 9.53 Å². The van der Waals surface area contributed by atoms with E-state index in [9.17, 15) is 4.79 Å². The van der Waals surface area contributed by atoms with Crippen LogP contribution in [0.25, 0.3) is 0 Å². The van der Waals surface area contributed by atoms with Crippen LogP contribution in [-0.4, -0.2) is 30.6 Å². The molecular weight excluding hydrogens is 214 g/mol. The molecule has 0 spiro atoms. The summed E-state index contributed by atoms with van der Waals surface area (Å²) in [7, 11) is 1.63. The average Bonchev–Trinajstić information content (AvgIpc) is 2.40. The molecule has 1 aromatic rings. The molecule has 3 nitrogen and oxygen atoms in total. The zero-order valence-corrected chi connectivity index (χ0v) is 9.74. The summed E-state index contributed by atoms with van der Waals surface area (Å²) in [5.74, 6) is 0.0904. The highest BCUT2D eigenvalue weighted by atomic mass is 16.5. The Labute approximate surface area is 101 Å². The van der Waals surface area contributed by atoms with Gasteiger partial charge in [0.25, 0.3) is 0 Å². The van der Waals surface area contributed by atoms with Gasteiger partial charge in [-0.1, -0.05) is 36.4 Å². The van der Waals surface area contributed by atoms with E-state index in [0.29, 0.717) is 6.54 Å². The minimum Gasteiger partial charge on any atom is -0.358 e. The Kier molecular flexibility index (Phi) is 3.73. The molecule has 0 aliphatic carbocycles. The van der Waals surface area contributed by atoms with Crippen molar-refractivity contribution in [1.82, 2.24) is 4.90 Å². The molecule has 2 rings (SSSR count). The normalized spacial score (nSPS) is 18.4. The maximum absolute atomic E-state index is 12.0. The summed E-state index contributed by atoms with van der Waals surface area (Å²) in [5, 5.41) is 0. The molecule has 0 radical (unpaired) electrons. The largest absolute Gasteiger partial charge is 0.358 e. The average molecular weight is 229 g/mol. The van der Waals surface area contributed by atoms with Gasteiger partial charge in [0.1, 0.15) is 6.23 Å². The Bertz CT molecular complexity index is 437. The van der Waals surface area contributed by atoms with Crippen LogP contribution in [0.3, 0.4) is 0 Å². The highest BCUT2D eigenvalue weighted by Crippen LogP contribution is 2.10. The van der Waals surface area contributed by atoms with E-state index in [-0.39, 0.29) is 12.0 Å². The Balaban J connectivity index is 2.04. The number of hydrogen-bond donors (Lipinski definition) is 0. The van der Waals surface area contributed by atoms with E-state index < -0.39 is 0 Å². The molecule has 3 heteroatoms. The number of benzene rings is 1. The van der Waals surface area contributed by atoms with E-state index in [1.807, 2.05) is 59.7 Å². The highest BCUT2D eigenvalue weighted by molar-refractivity contribution is 5.97. The lowest BCUT2D eigenvalue weighted by Gasteiger charge is -2.28. The van der Waals surface area contributed by atoms with Gasteiger partial charge in [0, 0.05) is 18.9 Å². The third kappa shape index (κ3) is 2.82. The molecule has 0 N–H and O–H groups in total. The predicted octanol–water partition coefficient (Wildman–Crippen LogP) is 2.23. The number of carbonyl (C=O) groups is 1. The monoisotopic (exact) mass is 229 g/mol. The molecule has 0 bridgehead atoms. The highest BCUT2D eigenvalue weighted by Gasteiger charge is 2.17. The summed E-state index contributed by atoms with van der Waals surface area (Å²) < 4.78 is 5.28. The summed E-state index contributed by atoms with van der Waals surface area (Å²) in [5.41, 5.74) is 0.727. The van der Waals surface area contributed by atoms with Gasteiger partial charge in [0.15, 0.2) is 5.78 Å². The molecular formula is C14H15NO2. The van der Waals surface area contributed by atoms with Crippen LogP contribution >= 0.6 is 0 Å². The molecule has 0 amide bonds. The standard InChI is InChI=1S/C14H15NO2/c1-17-14-9-5-6-10-15(14)11-13(16)12-7-3-2-4-8-12/h2-10,14H,11H2,1H3. The molecule has 1 aliphatic rings. The molecule has 1 aromatic carbocycles. The molecule has 1 aliphatic heterocycles. The molecule has 88 valence electrons. The van der Waals surface area contributed by atoms with Gasteiger partial charge in [-0.2, -0.15) is 0 Å². The SMILES string of the molecule is COC1C=CC=CN1CC(=O)c1ccccc1. The first-order chi connectivity index (χ1) is 8.31. The van der Waals surface area contributed by atoms with Crippen LogP contribution in [0.4, 0.5) is 0 Å². The fourth-order valence-electron chi connectivity index (χ4n) is 1.75. The van der Waals surface area contributed by atoms with Crippen molar-refractivity contribution in [3.8, 4) is 0 Å². The van der Waals surface area contributed by atoms with Crippen molar-refractivity contribution in [1.29, 1.82) is 0 Å². The van der Waals surface area contributed by atoms with Crippen LogP contribution in [0.15, 0.2) is 54.8 Å². The second-order valence-corrected chi connectivity index (χ2v) is 3.81. The van der Waals surface area contributed by atoms with Gasteiger partial charge in [0.2, 0.25) is 0 Å². The summed E-state index contributed by atoms with van der Waals surface area (Å²) in [6, 6.07) is 9.29. The number of hydrogen-bond acceptors (Lipinski definition) is 3. The number of ether oxygens (including phenoxy) is 1. The summed E-state index contributed by atoms with van der Waals surface area (Å²) in [6.07, 6.45) is 7.44. The van der Waals surface area contributed by atoms with Crippen molar-refractivity contribution in [3.63, 3.8) is 0 Å². The molecule has 0 aromatic heterocycles. The summed E-state index contributed by atoms with van der Waals surface area (Å²) in [4.78, 5) is 13.9. The number of allylic oxidation sites excluding steroid dienone is 2. The van der Waals surface area contributed by atoms with E-state index in [0.717, 1.165) is 5.56 Å². The first kappa shape index (κ1) is 11.6. The first-order valence-electron chi connectivity index (χ1n) is 5.53. The van der Waals surface area contributed by atoms with Crippen LogP contribution in [0.5, 0.6) is 0 Å². The summed E-state index contributed by atoms with van der Waals surface area (Å²) >= 11 is 0. The molecule has 1 atom stereocenters. The van der Waals surface area contributed by atoms with E-state index in [2.05, 4.69) is 0 Å². The molecule has 1 heterocycles. The first-order valence-corrected chi connectivity index (χ1v) is 5.53. The Morgan fingerprint density at radius 1 is 1.29 bits per heavy atom. The third-order valence-electron chi connectivity index (χ3n) is 2.65. The number of Topliss-reactive ketones (excluding diaryl/α,β-unsaturated/α-hetero) is 1. The molecule has 0 saturated heterocycles.